The number of para-hydroxylation sites is 2. The van der Waals surface area contributed by atoms with Gasteiger partial charge < -0.3 is 14.5 Å². The van der Waals surface area contributed by atoms with E-state index in [2.05, 4.69) is 20.5 Å². The van der Waals surface area contributed by atoms with Crippen LogP contribution in [0.1, 0.15) is 28.3 Å². The second kappa shape index (κ2) is 8.56. The molecule has 0 aliphatic heterocycles. The van der Waals surface area contributed by atoms with Crippen LogP contribution in [-0.2, 0) is 5.75 Å². The zero-order valence-corrected chi connectivity index (χ0v) is 18.3. The Kier molecular flexibility index (Phi) is 5.47. The van der Waals surface area contributed by atoms with Crippen LogP contribution < -0.4 is 10.1 Å². The van der Waals surface area contributed by atoms with Crippen molar-refractivity contribution in [3.63, 3.8) is 0 Å². The molecule has 3 heterocycles. The molecule has 1 aromatic carbocycles. The zero-order valence-electron chi connectivity index (χ0n) is 16.6. The maximum atomic E-state index is 12.2. The summed E-state index contributed by atoms with van der Waals surface area (Å²) in [5, 5.41) is 15.0. The SMILES string of the molecule is COc1ccccc1-n1c(SCc2nc(C(=O)NC3CC3)cs2)nnc1-c1ccco1. The Morgan fingerprint density at radius 3 is 2.94 bits per heavy atom. The van der Waals surface area contributed by atoms with Gasteiger partial charge in [0.25, 0.3) is 5.91 Å². The molecule has 1 aliphatic rings. The molecule has 0 atom stereocenters. The van der Waals surface area contributed by atoms with Crippen LogP contribution in [0.25, 0.3) is 17.3 Å². The Hall–Kier alpha value is -3.11. The van der Waals surface area contributed by atoms with Crippen molar-refractivity contribution in [2.24, 2.45) is 0 Å². The number of hydrogen-bond donors (Lipinski definition) is 1. The quantitative estimate of drug-likeness (QED) is 0.400. The topological polar surface area (TPSA) is 95.1 Å². The van der Waals surface area contributed by atoms with E-state index in [1.165, 1.54) is 23.1 Å². The van der Waals surface area contributed by atoms with Crippen LogP contribution in [-0.4, -0.2) is 38.8 Å². The monoisotopic (exact) mass is 453 g/mol. The predicted octanol–water partition coefficient (Wildman–Crippen LogP) is 4.18. The van der Waals surface area contributed by atoms with Gasteiger partial charge in [-0.3, -0.25) is 9.36 Å². The fraction of sp³-hybridized carbons (Fsp3) is 0.238. The summed E-state index contributed by atoms with van der Waals surface area (Å²) < 4.78 is 13.0. The Morgan fingerprint density at radius 1 is 1.29 bits per heavy atom. The maximum absolute atomic E-state index is 12.2. The van der Waals surface area contributed by atoms with Gasteiger partial charge in [0, 0.05) is 11.4 Å². The number of amides is 1. The average molecular weight is 454 g/mol. The summed E-state index contributed by atoms with van der Waals surface area (Å²) in [5.41, 5.74) is 1.28. The summed E-state index contributed by atoms with van der Waals surface area (Å²) in [7, 11) is 1.63. The fourth-order valence-corrected chi connectivity index (χ4v) is 4.79. The van der Waals surface area contributed by atoms with Crippen LogP contribution in [0.4, 0.5) is 0 Å². The smallest absolute Gasteiger partial charge is 0.270 e. The van der Waals surface area contributed by atoms with Gasteiger partial charge in [0.15, 0.2) is 10.9 Å². The molecule has 1 N–H and O–H groups in total. The highest BCUT2D eigenvalue weighted by molar-refractivity contribution is 7.98. The molecule has 3 aromatic heterocycles. The van der Waals surface area contributed by atoms with Crippen molar-refractivity contribution in [2.75, 3.05) is 7.11 Å². The number of carbonyl (C=O) groups excluding carboxylic acids is 1. The fourth-order valence-electron chi connectivity index (χ4n) is 3.06. The Balaban J connectivity index is 1.42. The lowest BCUT2D eigenvalue weighted by atomic mass is 10.3. The predicted molar refractivity (Wildman–Crippen MR) is 118 cm³/mol. The van der Waals surface area contributed by atoms with Crippen LogP contribution in [0.2, 0.25) is 0 Å². The van der Waals surface area contributed by atoms with Gasteiger partial charge in [-0.15, -0.1) is 21.5 Å². The second-order valence-electron chi connectivity index (χ2n) is 6.95. The minimum atomic E-state index is -0.104. The lowest BCUT2D eigenvalue weighted by Crippen LogP contribution is -2.25. The van der Waals surface area contributed by atoms with E-state index < -0.39 is 0 Å². The number of benzene rings is 1. The molecule has 1 amide bonds. The molecular weight excluding hydrogens is 434 g/mol. The van der Waals surface area contributed by atoms with Crippen molar-refractivity contribution in [3.05, 3.63) is 58.7 Å². The molecule has 10 heteroatoms. The van der Waals surface area contributed by atoms with Crippen molar-refractivity contribution in [2.45, 2.75) is 29.8 Å². The first kappa shape index (κ1) is 19.8. The van der Waals surface area contributed by atoms with E-state index in [9.17, 15) is 4.79 Å². The summed E-state index contributed by atoms with van der Waals surface area (Å²) in [4.78, 5) is 16.7. The third-order valence-electron chi connectivity index (χ3n) is 4.72. The molecule has 31 heavy (non-hydrogen) atoms. The summed E-state index contributed by atoms with van der Waals surface area (Å²) in [6.07, 6.45) is 3.71. The number of carbonyl (C=O) groups is 1. The van der Waals surface area contributed by atoms with Crippen molar-refractivity contribution < 1.29 is 13.9 Å². The number of methoxy groups -OCH3 is 1. The van der Waals surface area contributed by atoms with Crippen molar-refractivity contribution >= 4 is 29.0 Å². The molecule has 0 saturated heterocycles. The van der Waals surface area contributed by atoms with E-state index in [-0.39, 0.29) is 5.91 Å². The van der Waals surface area contributed by atoms with Gasteiger partial charge in [0.1, 0.15) is 16.5 Å². The lowest BCUT2D eigenvalue weighted by molar-refractivity contribution is 0.0946. The standard InChI is InChI=1S/C21H19N5O3S2/c1-28-16-6-3-2-5-15(16)26-19(17-7-4-10-29-17)24-25-21(26)31-12-18-23-14(11-30-18)20(27)22-13-8-9-13/h2-7,10-11,13H,8-9,12H2,1H3,(H,22,27). The zero-order chi connectivity index (χ0) is 21.2. The van der Waals surface area contributed by atoms with Gasteiger partial charge in [-0.1, -0.05) is 23.9 Å². The molecule has 0 bridgehead atoms. The van der Waals surface area contributed by atoms with E-state index in [0.717, 1.165) is 23.5 Å². The van der Waals surface area contributed by atoms with Crippen LogP contribution >= 0.6 is 23.1 Å². The normalized spacial score (nSPS) is 13.3. The highest BCUT2D eigenvalue weighted by Gasteiger charge is 2.25. The van der Waals surface area contributed by atoms with Crippen LogP contribution in [0, 0.1) is 0 Å². The van der Waals surface area contributed by atoms with Crippen LogP contribution in [0.15, 0.2) is 57.6 Å². The van der Waals surface area contributed by atoms with Gasteiger partial charge in [0.2, 0.25) is 5.82 Å². The number of hydrogen-bond acceptors (Lipinski definition) is 8. The summed E-state index contributed by atoms with van der Waals surface area (Å²) >= 11 is 2.96. The molecule has 1 aliphatic carbocycles. The number of thiazole rings is 1. The van der Waals surface area contributed by atoms with Crippen LogP contribution in [0.3, 0.4) is 0 Å². The second-order valence-corrected chi connectivity index (χ2v) is 8.84. The van der Waals surface area contributed by atoms with Gasteiger partial charge in [0.05, 0.1) is 24.8 Å². The summed E-state index contributed by atoms with van der Waals surface area (Å²) in [6, 6.07) is 11.7. The molecule has 0 spiro atoms. The first-order chi connectivity index (χ1) is 15.2. The summed E-state index contributed by atoms with van der Waals surface area (Å²) in [5.74, 6) is 2.35. The molecule has 158 valence electrons. The highest BCUT2D eigenvalue weighted by Crippen LogP contribution is 2.34. The number of ether oxygens (including phenoxy) is 1. The third kappa shape index (κ3) is 4.21. The van der Waals surface area contributed by atoms with E-state index in [0.29, 0.717) is 40.0 Å². The van der Waals surface area contributed by atoms with E-state index in [1.807, 2.05) is 41.0 Å². The van der Waals surface area contributed by atoms with Gasteiger partial charge in [-0.25, -0.2) is 4.98 Å². The number of nitrogens with one attached hydrogen (secondary N) is 1. The van der Waals surface area contributed by atoms with Crippen LogP contribution in [0.5, 0.6) is 5.75 Å². The number of aromatic nitrogens is 4. The van der Waals surface area contributed by atoms with Gasteiger partial charge >= 0.3 is 0 Å². The first-order valence-electron chi connectivity index (χ1n) is 9.73. The molecule has 0 unspecified atom stereocenters. The Morgan fingerprint density at radius 2 is 2.16 bits per heavy atom. The molecule has 1 fully saturated rings. The van der Waals surface area contributed by atoms with E-state index in [4.69, 9.17) is 9.15 Å². The molecule has 4 aromatic rings. The van der Waals surface area contributed by atoms with Crippen molar-refractivity contribution in [1.82, 2.24) is 25.1 Å². The lowest BCUT2D eigenvalue weighted by Gasteiger charge is -2.12. The van der Waals surface area contributed by atoms with Gasteiger partial charge in [-0.05, 0) is 37.1 Å². The average Bonchev–Trinajstić information content (AvgIpc) is 3.21. The molecule has 1 saturated carbocycles. The minimum absolute atomic E-state index is 0.104. The van der Waals surface area contributed by atoms with E-state index in [1.54, 1.807) is 18.8 Å². The Labute approximate surface area is 186 Å². The first-order valence-corrected chi connectivity index (χ1v) is 11.6. The minimum Gasteiger partial charge on any atom is -0.495 e. The number of nitrogens with zero attached hydrogens (tertiary/aromatic N) is 4. The maximum Gasteiger partial charge on any atom is 0.270 e. The number of thioether (sulfide) groups is 1. The summed E-state index contributed by atoms with van der Waals surface area (Å²) in [6.45, 7) is 0. The van der Waals surface area contributed by atoms with Crippen molar-refractivity contribution in [1.29, 1.82) is 0 Å². The molecule has 5 rings (SSSR count). The van der Waals surface area contributed by atoms with Crippen molar-refractivity contribution in [3.8, 4) is 23.0 Å². The largest absolute Gasteiger partial charge is 0.495 e. The Bertz CT molecular complexity index is 1200. The van der Waals surface area contributed by atoms with E-state index >= 15 is 0 Å². The molecule has 0 radical (unpaired) electrons. The molecule has 8 nitrogen and oxygen atoms in total. The molecular formula is C21H19N5O3S2. The highest BCUT2D eigenvalue weighted by atomic mass is 32.2. The third-order valence-corrected chi connectivity index (χ3v) is 6.69. The van der Waals surface area contributed by atoms with Gasteiger partial charge in [-0.2, -0.15) is 0 Å². The number of furan rings is 1. The number of rotatable bonds is 8.